The second-order valence-corrected chi connectivity index (χ2v) is 6.02. The van der Waals surface area contributed by atoms with Gasteiger partial charge in [-0.25, -0.2) is 9.18 Å². The standard InChI is InChI=1S/C19H19ClFNO5/c1-11(27-19(24)14-9-13(20)5-6-15(14)21)18(23)22-10-12-4-7-16(25-2)17(8-12)26-3/h4-9,11H,10H2,1-3H3,(H,22,23). The van der Waals surface area contributed by atoms with Crippen LogP contribution in [0.2, 0.25) is 5.02 Å². The summed E-state index contributed by atoms with van der Waals surface area (Å²) in [5, 5.41) is 2.83. The average molecular weight is 396 g/mol. The van der Waals surface area contributed by atoms with Crippen LogP contribution >= 0.6 is 11.6 Å². The molecule has 2 aromatic rings. The molecule has 2 rings (SSSR count). The number of nitrogens with one attached hydrogen (secondary N) is 1. The molecular formula is C19H19ClFNO5. The zero-order chi connectivity index (χ0) is 20.0. The molecule has 27 heavy (non-hydrogen) atoms. The van der Waals surface area contributed by atoms with E-state index in [0.29, 0.717) is 11.5 Å². The maximum Gasteiger partial charge on any atom is 0.341 e. The van der Waals surface area contributed by atoms with E-state index < -0.39 is 23.8 Å². The number of halogens is 2. The highest BCUT2D eigenvalue weighted by molar-refractivity contribution is 6.30. The molecule has 0 saturated carbocycles. The summed E-state index contributed by atoms with van der Waals surface area (Å²) in [7, 11) is 3.04. The van der Waals surface area contributed by atoms with Gasteiger partial charge >= 0.3 is 5.97 Å². The Balaban J connectivity index is 1.95. The molecule has 1 N–H and O–H groups in total. The van der Waals surface area contributed by atoms with E-state index in [9.17, 15) is 14.0 Å². The van der Waals surface area contributed by atoms with Crippen LogP contribution in [-0.4, -0.2) is 32.2 Å². The highest BCUT2D eigenvalue weighted by Gasteiger charge is 2.21. The summed E-state index contributed by atoms with van der Waals surface area (Å²) in [6, 6.07) is 8.71. The fourth-order valence-corrected chi connectivity index (χ4v) is 2.43. The van der Waals surface area contributed by atoms with Crippen LogP contribution in [0.3, 0.4) is 0 Å². The van der Waals surface area contributed by atoms with Crippen molar-refractivity contribution in [3.63, 3.8) is 0 Å². The van der Waals surface area contributed by atoms with E-state index in [2.05, 4.69) is 5.32 Å². The van der Waals surface area contributed by atoms with Crippen molar-refractivity contribution < 1.29 is 28.2 Å². The molecule has 8 heteroatoms. The SMILES string of the molecule is COc1ccc(CNC(=O)C(C)OC(=O)c2cc(Cl)ccc2F)cc1OC. The van der Waals surface area contributed by atoms with Crippen molar-refractivity contribution in [3.05, 3.63) is 58.4 Å². The molecular weight excluding hydrogens is 377 g/mol. The zero-order valence-corrected chi connectivity index (χ0v) is 15.8. The third kappa shape index (κ3) is 5.34. The molecule has 0 aliphatic carbocycles. The first-order chi connectivity index (χ1) is 12.8. The summed E-state index contributed by atoms with van der Waals surface area (Å²) < 4.78 is 29.1. The van der Waals surface area contributed by atoms with Crippen LogP contribution < -0.4 is 14.8 Å². The van der Waals surface area contributed by atoms with Gasteiger partial charge < -0.3 is 19.5 Å². The molecule has 2 aromatic carbocycles. The summed E-state index contributed by atoms with van der Waals surface area (Å²) in [4.78, 5) is 24.2. The van der Waals surface area contributed by atoms with Crippen LogP contribution in [0.15, 0.2) is 36.4 Å². The minimum atomic E-state index is -1.11. The lowest BCUT2D eigenvalue weighted by molar-refractivity contribution is -0.129. The van der Waals surface area contributed by atoms with Gasteiger partial charge in [-0.3, -0.25) is 4.79 Å². The van der Waals surface area contributed by atoms with Gasteiger partial charge in [0.05, 0.1) is 19.8 Å². The third-order valence-electron chi connectivity index (χ3n) is 3.72. The van der Waals surface area contributed by atoms with Gasteiger partial charge in [0.25, 0.3) is 5.91 Å². The summed E-state index contributed by atoms with van der Waals surface area (Å²) in [5.41, 5.74) is 0.433. The average Bonchev–Trinajstić information content (AvgIpc) is 2.67. The summed E-state index contributed by atoms with van der Waals surface area (Å²) in [6.45, 7) is 1.58. The number of benzene rings is 2. The Morgan fingerprint density at radius 2 is 1.81 bits per heavy atom. The van der Waals surface area contributed by atoms with Crippen molar-refractivity contribution in [1.29, 1.82) is 0 Å². The predicted molar refractivity (Wildman–Crippen MR) is 97.7 cm³/mol. The molecule has 0 bridgehead atoms. The number of esters is 1. The van der Waals surface area contributed by atoms with Crippen molar-refractivity contribution in [2.24, 2.45) is 0 Å². The smallest absolute Gasteiger partial charge is 0.341 e. The number of rotatable bonds is 7. The van der Waals surface area contributed by atoms with Gasteiger partial charge in [-0.2, -0.15) is 0 Å². The van der Waals surface area contributed by atoms with E-state index in [-0.39, 0.29) is 17.1 Å². The van der Waals surface area contributed by atoms with Gasteiger partial charge in [0.15, 0.2) is 17.6 Å². The van der Waals surface area contributed by atoms with Crippen molar-refractivity contribution in [2.75, 3.05) is 14.2 Å². The number of methoxy groups -OCH3 is 2. The molecule has 0 aromatic heterocycles. The Labute approximate surface area is 161 Å². The van der Waals surface area contributed by atoms with Gasteiger partial charge in [0.1, 0.15) is 5.82 Å². The number of ether oxygens (including phenoxy) is 3. The maximum absolute atomic E-state index is 13.7. The molecule has 0 aliphatic heterocycles. The Kier molecular flexibility index (Phi) is 7.01. The number of amides is 1. The molecule has 1 unspecified atom stereocenters. The lowest BCUT2D eigenvalue weighted by Crippen LogP contribution is -2.35. The van der Waals surface area contributed by atoms with Crippen molar-refractivity contribution in [3.8, 4) is 11.5 Å². The van der Waals surface area contributed by atoms with Crippen LogP contribution in [0.1, 0.15) is 22.8 Å². The topological polar surface area (TPSA) is 73.9 Å². The second kappa shape index (κ2) is 9.23. The van der Waals surface area contributed by atoms with E-state index in [0.717, 1.165) is 17.7 Å². The molecule has 1 atom stereocenters. The molecule has 0 aliphatic rings. The maximum atomic E-state index is 13.7. The second-order valence-electron chi connectivity index (χ2n) is 5.58. The number of hydrogen-bond donors (Lipinski definition) is 1. The first-order valence-corrected chi connectivity index (χ1v) is 8.38. The Bertz CT molecular complexity index is 843. The lowest BCUT2D eigenvalue weighted by Gasteiger charge is -2.15. The lowest BCUT2D eigenvalue weighted by atomic mass is 10.2. The Morgan fingerprint density at radius 3 is 2.48 bits per heavy atom. The molecule has 6 nitrogen and oxygen atoms in total. The first kappa shape index (κ1) is 20.5. The monoisotopic (exact) mass is 395 g/mol. The van der Waals surface area contributed by atoms with Crippen molar-refractivity contribution in [2.45, 2.75) is 19.6 Å². The summed E-state index contributed by atoms with van der Waals surface area (Å²) in [6.07, 6.45) is -1.11. The van der Waals surface area contributed by atoms with E-state index >= 15 is 0 Å². The van der Waals surface area contributed by atoms with Gasteiger partial charge in [0, 0.05) is 11.6 Å². The zero-order valence-electron chi connectivity index (χ0n) is 15.0. The molecule has 144 valence electrons. The van der Waals surface area contributed by atoms with Gasteiger partial charge in [0.2, 0.25) is 0 Å². The van der Waals surface area contributed by atoms with Gasteiger partial charge in [-0.05, 0) is 42.8 Å². The van der Waals surface area contributed by atoms with E-state index in [1.54, 1.807) is 18.2 Å². The fourth-order valence-electron chi connectivity index (χ4n) is 2.25. The number of carbonyl (C=O) groups is 2. The Morgan fingerprint density at radius 1 is 1.11 bits per heavy atom. The van der Waals surface area contributed by atoms with Crippen LogP contribution in [-0.2, 0) is 16.1 Å². The van der Waals surface area contributed by atoms with E-state index in [1.807, 2.05) is 0 Å². The van der Waals surface area contributed by atoms with Crippen LogP contribution in [0.25, 0.3) is 0 Å². The largest absolute Gasteiger partial charge is 0.493 e. The predicted octanol–water partition coefficient (Wildman–Crippen LogP) is 3.36. The first-order valence-electron chi connectivity index (χ1n) is 8.00. The highest BCUT2D eigenvalue weighted by Crippen LogP contribution is 2.27. The van der Waals surface area contributed by atoms with Gasteiger partial charge in [-0.1, -0.05) is 17.7 Å². The number of hydrogen-bond acceptors (Lipinski definition) is 5. The minimum absolute atomic E-state index is 0.187. The molecule has 0 heterocycles. The fraction of sp³-hybridized carbons (Fsp3) is 0.263. The third-order valence-corrected chi connectivity index (χ3v) is 3.95. The highest BCUT2D eigenvalue weighted by atomic mass is 35.5. The van der Waals surface area contributed by atoms with Crippen molar-refractivity contribution in [1.82, 2.24) is 5.32 Å². The molecule has 0 spiro atoms. The number of carbonyl (C=O) groups excluding carboxylic acids is 2. The Hall–Kier alpha value is -2.80. The summed E-state index contributed by atoms with van der Waals surface area (Å²) in [5.74, 6) is -1.18. The summed E-state index contributed by atoms with van der Waals surface area (Å²) >= 11 is 5.75. The molecule has 1 amide bonds. The van der Waals surface area contributed by atoms with Crippen LogP contribution in [0.4, 0.5) is 4.39 Å². The normalized spacial score (nSPS) is 11.4. The van der Waals surface area contributed by atoms with Crippen LogP contribution in [0, 0.1) is 5.82 Å². The molecule has 0 fully saturated rings. The molecule has 0 saturated heterocycles. The van der Waals surface area contributed by atoms with Crippen LogP contribution in [0.5, 0.6) is 11.5 Å². The van der Waals surface area contributed by atoms with Crippen molar-refractivity contribution >= 4 is 23.5 Å². The van der Waals surface area contributed by atoms with E-state index in [1.165, 1.54) is 27.2 Å². The van der Waals surface area contributed by atoms with Gasteiger partial charge in [-0.15, -0.1) is 0 Å². The quantitative estimate of drug-likeness (QED) is 0.728. The van der Waals surface area contributed by atoms with E-state index in [4.69, 9.17) is 25.8 Å². The molecule has 0 radical (unpaired) electrons. The minimum Gasteiger partial charge on any atom is -0.493 e.